The Bertz CT molecular complexity index is 731. The summed E-state index contributed by atoms with van der Waals surface area (Å²) in [5, 5.41) is 12.0. The summed E-state index contributed by atoms with van der Waals surface area (Å²) in [5.41, 5.74) is 2.60. The predicted molar refractivity (Wildman–Crippen MR) is 70.4 cm³/mol. The van der Waals surface area contributed by atoms with Gasteiger partial charge >= 0.3 is 0 Å². The highest BCUT2D eigenvalue weighted by atomic mass is 16.6. The van der Waals surface area contributed by atoms with Crippen LogP contribution in [0.1, 0.15) is 0 Å². The lowest BCUT2D eigenvalue weighted by Gasteiger charge is -2.01. The molecule has 0 aliphatic rings. The molecule has 3 rings (SSSR count). The fraction of sp³-hybridized carbons (Fsp3) is 0. The molecule has 0 radical (unpaired) electrons. The van der Waals surface area contributed by atoms with Crippen molar-refractivity contribution in [3.8, 4) is 11.1 Å². The molecule has 0 bridgehead atoms. The molecule has 0 atom stereocenters. The highest BCUT2D eigenvalue weighted by Gasteiger charge is 2.16. The molecule has 0 fully saturated rings. The van der Waals surface area contributed by atoms with Gasteiger partial charge in [-0.2, -0.15) is 0 Å². The molecular weight excluding hydrogens is 228 g/mol. The lowest BCUT2D eigenvalue weighted by molar-refractivity contribution is -0.384. The first-order valence-corrected chi connectivity index (χ1v) is 5.57. The van der Waals surface area contributed by atoms with E-state index >= 15 is 0 Å². The van der Waals surface area contributed by atoms with Gasteiger partial charge < -0.3 is 4.98 Å². The van der Waals surface area contributed by atoms with E-state index in [0.717, 1.165) is 16.5 Å². The monoisotopic (exact) mass is 238 g/mol. The van der Waals surface area contributed by atoms with Gasteiger partial charge in [0.15, 0.2) is 0 Å². The molecule has 0 aliphatic heterocycles. The summed E-state index contributed by atoms with van der Waals surface area (Å²) < 4.78 is 0. The molecule has 0 saturated heterocycles. The Morgan fingerprint density at radius 2 is 1.67 bits per heavy atom. The summed E-state index contributed by atoms with van der Waals surface area (Å²) in [6, 6.07) is 14.5. The number of nitrogens with one attached hydrogen (secondary N) is 1. The fourth-order valence-corrected chi connectivity index (χ4v) is 2.15. The topological polar surface area (TPSA) is 58.9 Å². The lowest BCUT2D eigenvalue weighted by Crippen LogP contribution is -1.90. The standard InChI is InChI=1S/C14H10N2O2/c17-16(18)14-8-4-2-6-11(14)12-9-15-13-7-3-1-5-10(12)13/h1-9,15H. The number of aromatic amines is 1. The van der Waals surface area contributed by atoms with Gasteiger partial charge in [0.2, 0.25) is 0 Å². The number of benzene rings is 2. The zero-order valence-corrected chi connectivity index (χ0v) is 9.46. The van der Waals surface area contributed by atoms with Crippen LogP contribution in [0.15, 0.2) is 54.7 Å². The quantitative estimate of drug-likeness (QED) is 0.546. The second kappa shape index (κ2) is 4.00. The first-order chi connectivity index (χ1) is 8.77. The molecule has 18 heavy (non-hydrogen) atoms. The number of nitro groups is 1. The van der Waals surface area contributed by atoms with Crippen LogP contribution >= 0.6 is 0 Å². The minimum absolute atomic E-state index is 0.127. The van der Waals surface area contributed by atoms with E-state index < -0.39 is 0 Å². The molecule has 0 saturated carbocycles. The summed E-state index contributed by atoms with van der Waals surface area (Å²) >= 11 is 0. The van der Waals surface area contributed by atoms with Gasteiger partial charge in [0.25, 0.3) is 5.69 Å². The van der Waals surface area contributed by atoms with Crippen LogP contribution in [-0.2, 0) is 0 Å². The fourth-order valence-electron chi connectivity index (χ4n) is 2.15. The van der Waals surface area contributed by atoms with Crippen molar-refractivity contribution in [3.05, 3.63) is 64.8 Å². The van der Waals surface area contributed by atoms with Crippen molar-refractivity contribution in [1.29, 1.82) is 0 Å². The van der Waals surface area contributed by atoms with E-state index in [1.165, 1.54) is 6.07 Å². The average Bonchev–Trinajstić information content (AvgIpc) is 2.82. The number of rotatable bonds is 2. The Hall–Kier alpha value is -2.62. The van der Waals surface area contributed by atoms with Gasteiger partial charge in [-0.25, -0.2) is 0 Å². The maximum absolute atomic E-state index is 11.0. The number of fused-ring (bicyclic) bond motifs is 1. The normalized spacial score (nSPS) is 10.7. The third-order valence-electron chi connectivity index (χ3n) is 2.98. The van der Waals surface area contributed by atoms with Crippen molar-refractivity contribution in [2.24, 2.45) is 0 Å². The van der Waals surface area contributed by atoms with E-state index in [0.29, 0.717) is 5.56 Å². The van der Waals surface area contributed by atoms with Crippen LogP contribution in [0.4, 0.5) is 5.69 Å². The molecule has 4 nitrogen and oxygen atoms in total. The van der Waals surface area contributed by atoms with Crippen molar-refractivity contribution in [2.75, 3.05) is 0 Å². The SMILES string of the molecule is O=[N+]([O-])c1ccccc1-c1c[nH]c2ccccc12. The number of nitro benzene ring substituents is 1. The number of aromatic nitrogens is 1. The molecule has 3 aromatic rings. The van der Waals surface area contributed by atoms with Crippen LogP contribution in [0.25, 0.3) is 22.0 Å². The molecule has 0 aliphatic carbocycles. The van der Waals surface area contributed by atoms with Crippen LogP contribution in [-0.4, -0.2) is 9.91 Å². The second-order valence-corrected chi connectivity index (χ2v) is 4.02. The molecule has 0 amide bonds. The molecule has 1 N–H and O–H groups in total. The van der Waals surface area contributed by atoms with E-state index in [-0.39, 0.29) is 10.6 Å². The molecule has 4 heteroatoms. The Morgan fingerprint density at radius 3 is 2.50 bits per heavy atom. The lowest BCUT2D eigenvalue weighted by atomic mass is 10.0. The van der Waals surface area contributed by atoms with Crippen LogP contribution in [0.3, 0.4) is 0 Å². The van der Waals surface area contributed by atoms with Gasteiger partial charge in [0, 0.05) is 28.7 Å². The minimum atomic E-state index is -0.350. The summed E-state index contributed by atoms with van der Waals surface area (Å²) in [4.78, 5) is 13.8. The summed E-state index contributed by atoms with van der Waals surface area (Å²) in [6.45, 7) is 0. The third-order valence-corrected chi connectivity index (χ3v) is 2.98. The predicted octanol–water partition coefficient (Wildman–Crippen LogP) is 3.74. The van der Waals surface area contributed by atoms with Crippen molar-refractivity contribution in [3.63, 3.8) is 0 Å². The number of nitrogens with zero attached hydrogens (tertiary/aromatic N) is 1. The van der Waals surface area contributed by atoms with Crippen LogP contribution in [0.5, 0.6) is 0 Å². The number of hydrogen-bond acceptors (Lipinski definition) is 2. The summed E-state index contributed by atoms with van der Waals surface area (Å²) in [5.74, 6) is 0. The molecule has 0 unspecified atom stereocenters. The Balaban J connectivity index is 2.30. The largest absolute Gasteiger partial charge is 0.361 e. The Labute approximate surface area is 103 Å². The van der Waals surface area contributed by atoms with E-state index in [1.54, 1.807) is 12.1 Å². The highest BCUT2D eigenvalue weighted by Crippen LogP contribution is 2.34. The maximum Gasteiger partial charge on any atom is 0.277 e. The molecular formula is C14H10N2O2. The van der Waals surface area contributed by atoms with Crippen molar-refractivity contribution < 1.29 is 4.92 Å². The second-order valence-electron chi connectivity index (χ2n) is 4.02. The Kier molecular flexibility index (Phi) is 2.34. The first kappa shape index (κ1) is 10.5. The molecule has 1 heterocycles. The number of H-pyrrole nitrogens is 1. The van der Waals surface area contributed by atoms with Gasteiger partial charge in [0.05, 0.1) is 10.5 Å². The first-order valence-electron chi connectivity index (χ1n) is 5.57. The average molecular weight is 238 g/mol. The number of para-hydroxylation sites is 2. The smallest absolute Gasteiger partial charge is 0.277 e. The minimum Gasteiger partial charge on any atom is -0.361 e. The Morgan fingerprint density at radius 1 is 0.944 bits per heavy atom. The van der Waals surface area contributed by atoms with Gasteiger partial charge in [-0.05, 0) is 12.1 Å². The molecule has 2 aromatic carbocycles. The molecule has 88 valence electrons. The van der Waals surface area contributed by atoms with Crippen LogP contribution in [0.2, 0.25) is 0 Å². The zero-order valence-electron chi connectivity index (χ0n) is 9.46. The van der Waals surface area contributed by atoms with Gasteiger partial charge in [-0.15, -0.1) is 0 Å². The summed E-state index contributed by atoms with van der Waals surface area (Å²) in [6.07, 6.45) is 1.81. The van der Waals surface area contributed by atoms with Crippen molar-refractivity contribution >= 4 is 16.6 Å². The van der Waals surface area contributed by atoms with E-state index in [9.17, 15) is 10.1 Å². The van der Waals surface area contributed by atoms with Crippen LogP contribution in [0, 0.1) is 10.1 Å². The highest BCUT2D eigenvalue weighted by molar-refractivity contribution is 5.97. The maximum atomic E-state index is 11.0. The molecule has 0 spiro atoms. The number of hydrogen-bond donors (Lipinski definition) is 1. The zero-order chi connectivity index (χ0) is 12.5. The third kappa shape index (κ3) is 1.55. The van der Waals surface area contributed by atoms with E-state index in [2.05, 4.69) is 4.98 Å². The van der Waals surface area contributed by atoms with E-state index in [1.807, 2.05) is 36.5 Å². The summed E-state index contributed by atoms with van der Waals surface area (Å²) in [7, 11) is 0. The van der Waals surface area contributed by atoms with Gasteiger partial charge in [0.1, 0.15) is 0 Å². The van der Waals surface area contributed by atoms with Crippen molar-refractivity contribution in [2.45, 2.75) is 0 Å². The van der Waals surface area contributed by atoms with Crippen LogP contribution < -0.4 is 0 Å². The van der Waals surface area contributed by atoms with Gasteiger partial charge in [-0.3, -0.25) is 10.1 Å². The van der Waals surface area contributed by atoms with E-state index in [4.69, 9.17) is 0 Å². The van der Waals surface area contributed by atoms with Crippen molar-refractivity contribution in [1.82, 2.24) is 4.98 Å². The molecule has 1 aromatic heterocycles. The van der Waals surface area contributed by atoms with Gasteiger partial charge in [-0.1, -0.05) is 30.3 Å².